The van der Waals surface area contributed by atoms with Crippen molar-refractivity contribution in [2.75, 3.05) is 13.1 Å². The maximum absolute atomic E-state index is 13.1. The Hall–Kier alpha value is -2.14. The number of carbonyl (C=O) groups excluding carboxylic acids is 2. The molecule has 27 heavy (non-hydrogen) atoms. The molecule has 0 unspecified atom stereocenters. The summed E-state index contributed by atoms with van der Waals surface area (Å²) >= 11 is 1.66. The normalized spacial score (nSPS) is 21.3. The summed E-state index contributed by atoms with van der Waals surface area (Å²) in [6, 6.07) is 13.5. The number of nitrogens with zero attached hydrogens (tertiary/aromatic N) is 1. The van der Waals surface area contributed by atoms with Gasteiger partial charge in [-0.2, -0.15) is 0 Å². The Morgan fingerprint density at radius 1 is 1.07 bits per heavy atom. The van der Waals surface area contributed by atoms with E-state index >= 15 is 0 Å². The third-order valence-corrected chi connectivity index (χ3v) is 7.02. The maximum Gasteiger partial charge on any atom is 0.253 e. The highest BCUT2D eigenvalue weighted by atomic mass is 32.1. The van der Waals surface area contributed by atoms with E-state index in [1.807, 2.05) is 52.7 Å². The number of carbonyl (C=O) groups is 2. The van der Waals surface area contributed by atoms with Crippen LogP contribution in [0.1, 0.15) is 47.3 Å². The summed E-state index contributed by atoms with van der Waals surface area (Å²) in [5.41, 5.74) is 0.658. The van der Waals surface area contributed by atoms with Crippen LogP contribution in [0.25, 0.3) is 0 Å². The van der Waals surface area contributed by atoms with Gasteiger partial charge in [0.2, 0.25) is 5.91 Å². The van der Waals surface area contributed by atoms with Crippen LogP contribution in [0.3, 0.4) is 0 Å². The zero-order valence-electron chi connectivity index (χ0n) is 15.5. The van der Waals surface area contributed by atoms with Gasteiger partial charge >= 0.3 is 0 Å². The molecule has 4 nitrogen and oxygen atoms in total. The molecule has 2 aliphatic rings. The van der Waals surface area contributed by atoms with Crippen LogP contribution in [-0.4, -0.2) is 29.8 Å². The van der Waals surface area contributed by atoms with Gasteiger partial charge in [0.1, 0.15) is 0 Å². The number of rotatable bonds is 4. The summed E-state index contributed by atoms with van der Waals surface area (Å²) in [6.45, 7) is 1.82. The highest BCUT2D eigenvalue weighted by molar-refractivity contribution is 7.09. The SMILES string of the molecule is O=C(NCc1cccs1)[C@H]1CN(C(=O)c2ccccc2)CC12CCCCC2. The molecule has 0 radical (unpaired) electrons. The van der Waals surface area contributed by atoms with E-state index in [2.05, 4.69) is 5.32 Å². The Bertz CT molecular complexity index is 782. The zero-order valence-corrected chi connectivity index (χ0v) is 16.3. The van der Waals surface area contributed by atoms with Gasteiger partial charge in [0.25, 0.3) is 5.91 Å². The van der Waals surface area contributed by atoms with Gasteiger partial charge in [-0.25, -0.2) is 0 Å². The first-order chi connectivity index (χ1) is 13.2. The molecule has 2 fully saturated rings. The molecule has 142 valence electrons. The molecule has 2 amide bonds. The van der Waals surface area contributed by atoms with Crippen molar-refractivity contribution in [3.8, 4) is 0 Å². The summed E-state index contributed by atoms with van der Waals surface area (Å²) in [5, 5.41) is 5.16. The molecule has 2 heterocycles. The summed E-state index contributed by atoms with van der Waals surface area (Å²) < 4.78 is 0. The van der Waals surface area contributed by atoms with E-state index in [-0.39, 0.29) is 23.1 Å². The minimum atomic E-state index is -0.106. The summed E-state index contributed by atoms with van der Waals surface area (Å²) in [4.78, 5) is 29.1. The Labute approximate surface area is 164 Å². The Kier molecular flexibility index (Phi) is 5.30. The van der Waals surface area contributed by atoms with Crippen LogP contribution in [0.2, 0.25) is 0 Å². The van der Waals surface area contributed by atoms with Gasteiger partial charge in [0.05, 0.1) is 12.5 Å². The summed E-state index contributed by atoms with van der Waals surface area (Å²) in [6.07, 6.45) is 5.63. The molecular formula is C22H26N2O2S. The second-order valence-corrected chi connectivity index (χ2v) is 8.86. The molecule has 1 atom stereocenters. The molecule has 1 aliphatic carbocycles. The van der Waals surface area contributed by atoms with Crippen LogP contribution in [0, 0.1) is 11.3 Å². The Morgan fingerprint density at radius 3 is 2.56 bits per heavy atom. The van der Waals surface area contributed by atoms with Crippen molar-refractivity contribution in [1.82, 2.24) is 10.2 Å². The molecule has 4 rings (SSSR count). The van der Waals surface area contributed by atoms with Gasteiger partial charge in [-0.05, 0) is 36.4 Å². The number of thiophene rings is 1. The molecule has 5 heteroatoms. The van der Waals surface area contributed by atoms with Crippen LogP contribution in [0.4, 0.5) is 0 Å². The predicted octanol–water partition coefficient (Wildman–Crippen LogP) is 4.09. The summed E-state index contributed by atoms with van der Waals surface area (Å²) in [5.74, 6) is 0.0493. The number of amides is 2. The van der Waals surface area contributed by atoms with Crippen molar-refractivity contribution in [3.63, 3.8) is 0 Å². The molecule has 1 saturated carbocycles. The molecule has 1 aromatic carbocycles. The van der Waals surface area contributed by atoms with Crippen molar-refractivity contribution in [2.24, 2.45) is 11.3 Å². The average Bonchev–Trinajstić information content (AvgIpc) is 3.35. The second-order valence-electron chi connectivity index (χ2n) is 7.82. The average molecular weight is 383 g/mol. The lowest BCUT2D eigenvalue weighted by atomic mass is 9.67. The van der Waals surface area contributed by atoms with E-state index in [0.29, 0.717) is 25.2 Å². The van der Waals surface area contributed by atoms with Crippen LogP contribution in [0.5, 0.6) is 0 Å². The monoisotopic (exact) mass is 382 g/mol. The van der Waals surface area contributed by atoms with Crippen molar-refractivity contribution >= 4 is 23.2 Å². The quantitative estimate of drug-likeness (QED) is 0.866. The molecule has 2 aromatic rings. The van der Waals surface area contributed by atoms with E-state index in [0.717, 1.165) is 30.6 Å². The van der Waals surface area contributed by atoms with Crippen LogP contribution >= 0.6 is 11.3 Å². The van der Waals surface area contributed by atoms with Gasteiger partial charge in [0.15, 0.2) is 0 Å². The van der Waals surface area contributed by atoms with Gasteiger partial charge in [-0.3, -0.25) is 9.59 Å². The fourth-order valence-corrected chi connectivity index (χ4v) is 5.37. The van der Waals surface area contributed by atoms with Crippen LogP contribution in [-0.2, 0) is 11.3 Å². The minimum Gasteiger partial charge on any atom is -0.351 e. The largest absolute Gasteiger partial charge is 0.351 e. The molecule has 0 bridgehead atoms. The van der Waals surface area contributed by atoms with Crippen molar-refractivity contribution in [3.05, 3.63) is 58.3 Å². The van der Waals surface area contributed by atoms with E-state index in [9.17, 15) is 9.59 Å². The smallest absolute Gasteiger partial charge is 0.253 e. The molecule has 1 aliphatic heterocycles. The Balaban J connectivity index is 1.51. The summed E-state index contributed by atoms with van der Waals surface area (Å²) in [7, 11) is 0. The molecule has 1 N–H and O–H groups in total. The molecule has 1 aromatic heterocycles. The lowest BCUT2D eigenvalue weighted by Gasteiger charge is -2.37. The zero-order chi connectivity index (χ0) is 18.7. The number of hydrogen-bond donors (Lipinski definition) is 1. The lowest BCUT2D eigenvalue weighted by molar-refractivity contribution is -0.128. The highest BCUT2D eigenvalue weighted by Crippen LogP contribution is 2.48. The lowest BCUT2D eigenvalue weighted by Crippen LogP contribution is -2.42. The topological polar surface area (TPSA) is 49.4 Å². The molecular weight excluding hydrogens is 356 g/mol. The molecule has 1 saturated heterocycles. The first kappa shape index (κ1) is 18.2. The third kappa shape index (κ3) is 3.79. The standard InChI is InChI=1S/C22H26N2O2S/c25-20(23-14-18-10-7-13-27-18)19-15-24(16-22(19)11-5-2-6-12-22)21(26)17-8-3-1-4-9-17/h1,3-4,7-10,13,19H,2,5-6,11-12,14-16H2,(H,23,25)/t19-/m1/s1. The first-order valence-corrected chi connectivity index (χ1v) is 10.7. The second kappa shape index (κ2) is 7.85. The minimum absolute atomic E-state index is 0.0501. The van der Waals surface area contributed by atoms with Crippen LogP contribution < -0.4 is 5.32 Å². The van der Waals surface area contributed by atoms with Crippen molar-refractivity contribution in [2.45, 2.75) is 38.6 Å². The fraction of sp³-hybridized carbons (Fsp3) is 0.455. The number of nitrogens with one attached hydrogen (secondary N) is 1. The fourth-order valence-electron chi connectivity index (χ4n) is 4.72. The van der Waals surface area contributed by atoms with Gasteiger partial charge < -0.3 is 10.2 Å². The van der Waals surface area contributed by atoms with E-state index in [4.69, 9.17) is 0 Å². The van der Waals surface area contributed by atoms with Gasteiger partial charge in [0, 0.05) is 28.9 Å². The molecule has 1 spiro atoms. The van der Waals surface area contributed by atoms with Gasteiger partial charge in [-0.15, -0.1) is 11.3 Å². The van der Waals surface area contributed by atoms with E-state index in [1.54, 1.807) is 11.3 Å². The number of benzene rings is 1. The van der Waals surface area contributed by atoms with E-state index < -0.39 is 0 Å². The van der Waals surface area contributed by atoms with Crippen molar-refractivity contribution < 1.29 is 9.59 Å². The number of hydrogen-bond acceptors (Lipinski definition) is 3. The van der Waals surface area contributed by atoms with Crippen molar-refractivity contribution in [1.29, 1.82) is 0 Å². The third-order valence-electron chi connectivity index (χ3n) is 6.14. The van der Waals surface area contributed by atoms with Crippen LogP contribution in [0.15, 0.2) is 47.8 Å². The van der Waals surface area contributed by atoms with E-state index in [1.165, 1.54) is 6.42 Å². The predicted molar refractivity (Wildman–Crippen MR) is 108 cm³/mol. The van der Waals surface area contributed by atoms with Gasteiger partial charge in [-0.1, -0.05) is 43.5 Å². The Morgan fingerprint density at radius 2 is 1.85 bits per heavy atom. The maximum atomic E-state index is 13.1. The highest BCUT2D eigenvalue weighted by Gasteiger charge is 2.51. The number of likely N-dealkylation sites (tertiary alicyclic amines) is 1. The first-order valence-electron chi connectivity index (χ1n) is 9.82.